The Bertz CT molecular complexity index is 395. The molecule has 1 unspecified atom stereocenters. The molecule has 1 fully saturated rings. The maximum atomic E-state index is 9.68. The molecule has 18 heavy (non-hydrogen) atoms. The van der Waals surface area contributed by atoms with Crippen LogP contribution in [0.15, 0.2) is 18.2 Å². The van der Waals surface area contributed by atoms with Crippen molar-refractivity contribution in [3.05, 3.63) is 23.8 Å². The summed E-state index contributed by atoms with van der Waals surface area (Å²) in [6.07, 6.45) is 1.28. The maximum Gasteiger partial charge on any atom is 0.160 e. The summed E-state index contributed by atoms with van der Waals surface area (Å²) in [6.45, 7) is 4.21. The van der Waals surface area contributed by atoms with Crippen molar-refractivity contribution in [2.45, 2.75) is 13.0 Å². The highest BCUT2D eigenvalue weighted by molar-refractivity contribution is 5.41. The summed E-state index contributed by atoms with van der Waals surface area (Å²) in [5.41, 5.74) is 1.08. The summed E-state index contributed by atoms with van der Waals surface area (Å²) in [6, 6.07) is 5.54. The van der Waals surface area contributed by atoms with Crippen molar-refractivity contribution in [3.8, 4) is 11.5 Å². The minimum atomic E-state index is 0.206. The molecule has 1 saturated heterocycles. The highest BCUT2D eigenvalue weighted by Gasteiger charge is 2.18. The molecule has 1 aromatic carbocycles. The third-order valence-corrected chi connectivity index (χ3v) is 3.49. The second kappa shape index (κ2) is 6.07. The van der Waals surface area contributed by atoms with Crippen LogP contribution in [0, 0.1) is 5.92 Å². The number of ether oxygens (including phenoxy) is 1. The van der Waals surface area contributed by atoms with Crippen LogP contribution in [0.4, 0.5) is 0 Å². The number of phenolic OH excluding ortho intramolecular Hbond substituents is 1. The van der Waals surface area contributed by atoms with Gasteiger partial charge in [0.25, 0.3) is 0 Å². The number of aromatic hydroxyl groups is 1. The molecule has 1 aromatic rings. The van der Waals surface area contributed by atoms with Crippen molar-refractivity contribution in [2.75, 3.05) is 33.8 Å². The fraction of sp³-hybridized carbons (Fsp3) is 0.571. The number of rotatable bonds is 5. The smallest absolute Gasteiger partial charge is 0.160 e. The molecule has 0 bridgehead atoms. The highest BCUT2D eigenvalue weighted by Crippen LogP contribution is 2.26. The maximum absolute atomic E-state index is 9.68. The Labute approximate surface area is 109 Å². The normalized spacial score (nSPS) is 20.2. The molecule has 2 rings (SSSR count). The lowest BCUT2D eigenvalue weighted by Crippen LogP contribution is -2.24. The van der Waals surface area contributed by atoms with Gasteiger partial charge in [0, 0.05) is 13.1 Å². The molecule has 4 nitrogen and oxygen atoms in total. The van der Waals surface area contributed by atoms with Crippen LogP contribution < -0.4 is 10.1 Å². The van der Waals surface area contributed by atoms with Crippen molar-refractivity contribution in [1.29, 1.82) is 0 Å². The number of nitrogens with zero attached hydrogens (tertiary/aromatic N) is 1. The summed E-state index contributed by atoms with van der Waals surface area (Å²) < 4.78 is 5.02. The van der Waals surface area contributed by atoms with Crippen LogP contribution >= 0.6 is 0 Å². The number of benzene rings is 1. The largest absolute Gasteiger partial charge is 0.504 e. The average molecular weight is 250 g/mol. The predicted octanol–water partition coefficient (Wildman–Crippen LogP) is 1.44. The van der Waals surface area contributed by atoms with Crippen LogP contribution in [0.2, 0.25) is 0 Å². The first-order valence-corrected chi connectivity index (χ1v) is 6.44. The fourth-order valence-corrected chi connectivity index (χ4v) is 2.46. The van der Waals surface area contributed by atoms with Crippen molar-refractivity contribution in [2.24, 2.45) is 5.92 Å². The Morgan fingerprint density at radius 2 is 2.33 bits per heavy atom. The Hall–Kier alpha value is -1.26. The summed E-state index contributed by atoms with van der Waals surface area (Å²) in [4.78, 5) is 2.37. The minimum Gasteiger partial charge on any atom is -0.504 e. The molecule has 0 saturated carbocycles. The van der Waals surface area contributed by atoms with Gasteiger partial charge in [-0.3, -0.25) is 0 Å². The monoisotopic (exact) mass is 250 g/mol. The van der Waals surface area contributed by atoms with Crippen molar-refractivity contribution in [3.63, 3.8) is 0 Å². The third-order valence-electron chi connectivity index (χ3n) is 3.49. The molecule has 1 aliphatic heterocycles. The van der Waals surface area contributed by atoms with Crippen LogP contribution in [-0.4, -0.2) is 43.8 Å². The van der Waals surface area contributed by atoms with Gasteiger partial charge in [-0.25, -0.2) is 0 Å². The van der Waals surface area contributed by atoms with E-state index < -0.39 is 0 Å². The van der Waals surface area contributed by atoms with Gasteiger partial charge >= 0.3 is 0 Å². The molecule has 0 aliphatic carbocycles. The third kappa shape index (κ3) is 3.37. The molecular formula is C14H22N2O2. The van der Waals surface area contributed by atoms with E-state index in [0.717, 1.165) is 24.6 Å². The van der Waals surface area contributed by atoms with Gasteiger partial charge in [-0.15, -0.1) is 0 Å². The van der Waals surface area contributed by atoms with E-state index in [0.29, 0.717) is 5.75 Å². The first kappa shape index (κ1) is 13.2. The van der Waals surface area contributed by atoms with Gasteiger partial charge in [0.15, 0.2) is 11.5 Å². The standard InChI is InChI=1S/C14H22N2O2/c1-16-6-5-12(10-16)9-15-8-11-3-4-14(18-2)13(17)7-11/h3-4,7,12,15,17H,5-6,8-10H2,1-2H3. The quantitative estimate of drug-likeness (QED) is 0.830. The lowest BCUT2D eigenvalue weighted by atomic mass is 10.1. The van der Waals surface area contributed by atoms with E-state index in [-0.39, 0.29) is 5.75 Å². The number of likely N-dealkylation sites (tertiary alicyclic amines) is 1. The van der Waals surface area contributed by atoms with Gasteiger partial charge in [-0.2, -0.15) is 0 Å². The van der Waals surface area contributed by atoms with Gasteiger partial charge < -0.3 is 20.1 Å². The van der Waals surface area contributed by atoms with E-state index in [1.165, 1.54) is 19.5 Å². The second-order valence-corrected chi connectivity index (χ2v) is 5.05. The number of hydrogen-bond donors (Lipinski definition) is 2. The van der Waals surface area contributed by atoms with E-state index in [1.807, 2.05) is 6.07 Å². The van der Waals surface area contributed by atoms with Gasteiger partial charge in [0.05, 0.1) is 7.11 Å². The summed E-state index contributed by atoms with van der Waals surface area (Å²) in [5.74, 6) is 1.48. The van der Waals surface area contributed by atoms with Crippen LogP contribution in [0.3, 0.4) is 0 Å². The molecule has 0 aromatic heterocycles. The fourth-order valence-electron chi connectivity index (χ4n) is 2.46. The Kier molecular flexibility index (Phi) is 4.44. The van der Waals surface area contributed by atoms with Crippen molar-refractivity contribution in [1.82, 2.24) is 10.2 Å². The SMILES string of the molecule is COc1ccc(CNCC2CCN(C)C2)cc1O. The van der Waals surface area contributed by atoms with E-state index in [9.17, 15) is 5.11 Å². The molecule has 100 valence electrons. The Morgan fingerprint density at radius 1 is 1.50 bits per heavy atom. The number of nitrogens with one attached hydrogen (secondary N) is 1. The van der Waals surface area contributed by atoms with E-state index in [2.05, 4.69) is 17.3 Å². The van der Waals surface area contributed by atoms with Crippen LogP contribution in [0.5, 0.6) is 11.5 Å². The molecule has 0 spiro atoms. The van der Waals surface area contributed by atoms with Crippen LogP contribution in [0.1, 0.15) is 12.0 Å². The van der Waals surface area contributed by atoms with E-state index in [1.54, 1.807) is 19.2 Å². The predicted molar refractivity (Wildman–Crippen MR) is 72.0 cm³/mol. The average Bonchev–Trinajstić information content (AvgIpc) is 2.75. The number of hydrogen-bond acceptors (Lipinski definition) is 4. The van der Waals surface area contributed by atoms with Crippen LogP contribution in [-0.2, 0) is 6.54 Å². The second-order valence-electron chi connectivity index (χ2n) is 5.05. The number of phenols is 1. The topological polar surface area (TPSA) is 44.7 Å². The molecule has 0 amide bonds. The molecule has 4 heteroatoms. The van der Waals surface area contributed by atoms with Crippen molar-refractivity contribution >= 4 is 0 Å². The van der Waals surface area contributed by atoms with Gasteiger partial charge in [0.1, 0.15) is 0 Å². The molecule has 1 aliphatic rings. The molecule has 1 atom stereocenters. The molecule has 0 radical (unpaired) electrons. The van der Waals surface area contributed by atoms with E-state index in [4.69, 9.17) is 4.74 Å². The van der Waals surface area contributed by atoms with Gasteiger partial charge in [-0.05, 0) is 50.2 Å². The molecular weight excluding hydrogens is 228 g/mol. The zero-order valence-corrected chi connectivity index (χ0v) is 11.1. The number of methoxy groups -OCH3 is 1. The summed E-state index contributed by atoms with van der Waals surface area (Å²) in [5, 5.41) is 13.1. The Morgan fingerprint density at radius 3 is 2.94 bits per heavy atom. The minimum absolute atomic E-state index is 0.206. The highest BCUT2D eigenvalue weighted by atomic mass is 16.5. The van der Waals surface area contributed by atoms with Crippen molar-refractivity contribution < 1.29 is 9.84 Å². The first-order valence-electron chi connectivity index (χ1n) is 6.44. The Balaban J connectivity index is 1.78. The first-order chi connectivity index (χ1) is 8.69. The summed E-state index contributed by atoms with van der Waals surface area (Å²) in [7, 11) is 3.73. The van der Waals surface area contributed by atoms with Crippen LogP contribution in [0.25, 0.3) is 0 Å². The lowest BCUT2D eigenvalue weighted by Gasteiger charge is -2.12. The lowest BCUT2D eigenvalue weighted by molar-refractivity contribution is 0.372. The molecule has 2 N–H and O–H groups in total. The molecule has 1 heterocycles. The zero-order valence-electron chi connectivity index (χ0n) is 11.1. The summed E-state index contributed by atoms with van der Waals surface area (Å²) >= 11 is 0. The van der Waals surface area contributed by atoms with E-state index >= 15 is 0 Å². The van der Waals surface area contributed by atoms with Gasteiger partial charge in [0.2, 0.25) is 0 Å². The van der Waals surface area contributed by atoms with Gasteiger partial charge in [-0.1, -0.05) is 6.07 Å². The zero-order chi connectivity index (χ0) is 13.0.